The highest BCUT2D eigenvalue weighted by atomic mass is 16.3. The summed E-state index contributed by atoms with van der Waals surface area (Å²) < 4.78 is 0. The van der Waals surface area contributed by atoms with Crippen molar-refractivity contribution in [3.63, 3.8) is 0 Å². The fourth-order valence-corrected chi connectivity index (χ4v) is 2.36. The van der Waals surface area contributed by atoms with Crippen LogP contribution in [0.4, 0.5) is 0 Å². The van der Waals surface area contributed by atoms with E-state index >= 15 is 0 Å². The maximum absolute atomic E-state index is 12.5. The van der Waals surface area contributed by atoms with E-state index in [1.807, 2.05) is 25.7 Å². The molecular formula is C15H30N2O2. The van der Waals surface area contributed by atoms with Crippen molar-refractivity contribution in [2.75, 3.05) is 19.6 Å². The van der Waals surface area contributed by atoms with Crippen molar-refractivity contribution in [2.45, 2.75) is 65.5 Å². The molecule has 1 heterocycles. The monoisotopic (exact) mass is 270 g/mol. The Morgan fingerprint density at radius 3 is 2.32 bits per heavy atom. The lowest BCUT2D eigenvalue weighted by molar-refractivity contribution is -0.158. The van der Waals surface area contributed by atoms with Crippen LogP contribution in [0.15, 0.2) is 0 Å². The van der Waals surface area contributed by atoms with Crippen molar-refractivity contribution >= 4 is 5.91 Å². The van der Waals surface area contributed by atoms with Gasteiger partial charge in [0, 0.05) is 25.2 Å². The first-order chi connectivity index (χ1) is 8.43. The van der Waals surface area contributed by atoms with E-state index in [0.717, 1.165) is 13.0 Å². The van der Waals surface area contributed by atoms with Gasteiger partial charge in [-0.2, -0.15) is 0 Å². The number of hydrogen-bond acceptors (Lipinski definition) is 3. The number of β-amino-alcohol motifs (C(OH)–C–C–N with tert-alkyl or cyclic N) is 1. The second kappa shape index (κ2) is 5.41. The van der Waals surface area contributed by atoms with Gasteiger partial charge in [0.25, 0.3) is 5.91 Å². The third kappa shape index (κ3) is 5.11. The number of likely N-dealkylation sites (tertiary alicyclic amines) is 1. The van der Waals surface area contributed by atoms with Crippen molar-refractivity contribution in [2.24, 2.45) is 5.41 Å². The predicted molar refractivity (Wildman–Crippen MR) is 78.0 cm³/mol. The molecule has 0 aromatic heterocycles. The molecule has 1 unspecified atom stereocenters. The zero-order valence-corrected chi connectivity index (χ0v) is 13.3. The Hall–Kier alpha value is -0.610. The average Bonchev–Trinajstić information content (AvgIpc) is 2.20. The molecule has 1 aliphatic rings. The number of rotatable bonds is 3. The highest BCUT2D eigenvalue weighted by Gasteiger charge is 2.43. The van der Waals surface area contributed by atoms with Crippen LogP contribution in [0.5, 0.6) is 0 Å². The third-order valence-electron chi connectivity index (χ3n) is 3.28. The zero-order chi connectivity index (χ0) is 14.9. The molecular weight excluding hydrogens is 240 g/mol. The van der Waals surface area contributed by atoms with Crippen LogP contribution >= 0.6 is 0 Å². The minimum Gasteiger partial charge on any atom is -0.379 e. The molecule has 0 aromatic carbocycles. The first-order valence-electron chi connectivity index (χ1n) is 7.20. The summed E-state index contributed by atoms with van der Waals surface area (Å²) >= 11 is 0. The van der Waals surface area contributed by atoms with Crippen LogP contribution in [0.25, 0.3) is 0 Å². The summed E-state index contributed by atoms with van der Waals surface area (Å²) in [7, 11) is 0. The van der Waals surface area contributed by atoms with E-state index in [4.69, 9.17) is 0 Å². The number of aliphatic hydroxyl groups is 1. The van der Waals surface area contributed by atoms with Gasteiger partial charge in [0.15, 0.2) is 5.60 Å². The Balaban J connectivity index is 2.71. The quantitative estimate of drug-likeness (QED) is 0.822. The Kier molecular flexibility index (Phi) is 4.68. The molecule has 4 heteroatoms. The van der Waals surface area contributed by atoms with Gasteiger partial charge in [-0.15, -0.1) is 0 Å². The molecule has 4 nitrogen and oxygen atoms in total. The molecule has 0 saturated carbocycles. The summed E-state index contributed by atoms with van der Waals surface area (Å²) in [6.07, 6.45) is 1.42. The highest BCUT2D eigenvalue weighted by Crippen LogP contribution is 2.26. The second-order valence-corrected chi connectivity index (χ2v) is 8.03. The van der Waals surface area contributed by atoms with Gasteiger partial charge in [0.05, 0.1) is 0 Å². The Morgan fingerprint density at radius 1 is 1.26 bits per heavy atom. The average molecular weight is 270 g/mol. The molecule has 1 rings (SSSR count). The van der Waals surface area contributed by atoms with Gasteiger partial charge >= 0.3 is 0 Å². The minimum absolute atomic E-state index is 0.0609. The van der Waals surface area contributed by atoms with Gasteiger partial charge in [0.2, 0.25) is 0 Å². The van der Waals surface area contributed by atoms with E-state index < -0.39 is 5.60 Å². The fourth-order valence-electron chi connectivity index (χ4n) is 2.36. The van der Waals surface area contributed by atoms with Crippen LogP contribution in [0.3, 0.4) is 0 Å². The van der Waals surface area contributed by atoms with Crippen LogP contribution in [-0.4, -0.2) is 46.7 Å². The van der Waals surface area contributed by atoms with E-state index in [9.17, 15) is 9.90 Å². The summed E-state index contributed by atoms with van der Waals surface area (Å²) in [5, 5.41) is 13.9. The summed E-state index contributed by atoms with van der Waals surface area (Å²) in [4.78, 5) is 14.3. The summed E-state index contributed by atoms with van der Waals surface area (Å²) in [6, 6.07) is 0. The standard InChI is InChI=1S/C15H30N2O2/c1-13(2,3)11-17-9-7-8-15(19,12(17)18)10-16-14(4,5)6/h16,19H,7-11H2,1-6H3. The summed E-state index contributed by atoms with van der Waals surface area (Å²) in [5.74, 6) is -0.120. The van der Waals surface area contributed by atoms with E-state index in [1.54, 1.807) is 0 Å². The molecule has 1 amide bonds. The summed E-state index contributed by atoms with van der Waals surface area (Å²) in [5.41, 5.74) is -1.27. The van der Waals surface area contributed by atoms with Gasteiger partial charge in [-0.3, -0.25) is 4.79 Å². The SMILES string of the molecule is CC(C)(C)CN1CCCC(O)(CNC(C)(C)C)C1=O. The molecule has 0 bridgehead atoms. The Bertz CT molecular complexity index is 328. The van der Waals surface area contributed by atoms with E-state index in [0.29, 0.717) is 19.5 Å². The predicted octanol–water partition coefficient (Wildman–Crippen LogP) is 1.77. The van der Waals surface area contributed by atoms with Gasteiger partial charge in [-0.05, 0) is 39.0 Å². The molecule has 1 aliphatic heterocycles. The maximum Gasteiger partial charge on any atom is 0.255 e. The van der Waals surface area contributed by atoms with Crippen molar-refractivity contribution in [1.29, 1.82) is 0 Å². The molecule has 2 N–H and O–H groups in total. The van der Waals surface area contributed by atoms with E-state index in [-0.39, 0.29) is 16.9 Å². The number of nitrogens with zero attached hydrogens (tertiary/aromatic N) is 1. The van der Waals surface area contributed by atoms with Gasteiger partial charge in [-0.1, -0.05) is 20.8 Å². The first kappa shape index (κ1) is 16.4. The fraction of sp³-hybridized carbons (Fsp3) is 0.933. The number of carbonyl (C=O) groups excluding carboxylic acids is 1. The normalized spacial score (nSPS) is 25.8. The molecule has 112 valence electrons. The van der Waals surface area contributed by atoms with Crippen LogP contribution in [0, 0.1) is 5.41 Å². The molecule has 1 saturated heterocycles. The molecule has 0 spiro atoms. The number of amides is 1. The van der Waals surface area contributed by atoms with Crippen molar-refractivity contribution in [3.8, 4) is 0 Å². The molecule has 19 heavy (non-hydrogen) atoms. The van der Waals surface area contributed by atoms with Crippen LogP contribution in [0.2, 0.25) is 0 Å². The highest BCUT2D eigenvalue weighted by molar-refractivity contribution is 5.86. The lowest BCUT2D eigenvalue weighted by Crippen LogP contribution is -2.60. The molecule has 1 fully saturated rings. The van der Waals surface area contributed by atoms with Gasteiger partial charge < -0.3 is 15.3 Å². The van der Waals surface area contributed by atoms with Crippen molar-refractivity contribution in [1.82, 2.24) is 10.2 Å². The number of carbonyl (C=O) groups is 1. The molecule has 1 atom stereocenters. The Morgan fingerprint density at radius 2 is 1.84 bits per heavy atom. The zero-order valence-electron chi connectivity index (χ0n) is 13.3. The van der Waals surface area contributed by atoms with Crippen LogP contribution in [0.1, 0.15) is 54.4 Å². The van der Waals surface area contributed by atoms with Gasteiger partial charge in [0.1, 0.15) is 0 Å². The van der Waals surface area contributed by atoms with Gasteiger partial charge in [-0.25, -0.2) is 0 Å². The van der Waals surface area contributed by atoms with Crippen LogP contribution < -0.4 is 5.32 Å². The van der Waals surface area contributed by atoms with Crippen molar-refractivity contribution in [3.05, 3.63) is 0 Å². The van der Waals surface area contributed by atoms with Crippen LogP contribution in [-0.2, 0) is 4.79 Å². The lowest BCUT2D eigenvalue weighted by Gasteiger charge is -2.41. The van der Waals surface area contributed by atoms with Crippen molar-refractivity contribution < 1.29 is 9.90 Å². The number of piperidine rings is 1. The molecule has 0 radical (unpaired) electrons. The van der Waals surface area contributed by atoms with E-state index in [1.165, 1.54) is 0 Å². The third-order valence-corrected chi connectivity index (χ3v) is 3.28. The lowest BCUT2D eigenvalue weighted by atomic mass is 9.88. The topological polar surface area (TPSA) is 52.6 Å². The Labute approximate surface area is 117 Å². The molecule has 0 aromatic rings. The largest absolute Gasteiger partial charge is 0.379 e. The smallest absolute Gasteiger partial charge is 0.255 e. The first-order valence-corrected chi connectivity index (χ1v) is 7.20. The number of hydrogen-bond donors (Lipinski definition) is 2. The minimum atomic E-state index is -1.24. The number of nitrogens with one attached hydrogen (secondary N) is 1. The van der Waals surface area contributed by atoms with E-state index in [2.05, 4.69) is 26.1 Å². The molecule has 0 aliphatic carbocycles. The second-order valence-electron chi connectivity index (χ2n) is 8.03. The summed E-state index contributed by atoms with van der Waals surface area (Å²) in [6.45, 7) is 14.2. The maximum atomic E-state index is 12.5.